The summed E-state index contributed by atoms with van der Waals surface area (Å²) >= 11 is 1.27. The second-order valence-corrected chi connectivity index (χ2v) is 5.18. The highest BCUT2D eigenvalue weighted by molar-refractivity contribution is 7.99. The molecule has 0 aliphatic heterocycles. The van der Waals surface area contributed by atoms with Gasteiger partial charge in [-0.2, -0.15) is 10.4 Å². The van der Waals surface area contributed by atoms with E-state index in [1.54, 1.807) is 6.92 Å². The molecule has 1 aromatic rings. The number of aromatic nitrogens is 3. The molecule has 1 fully saturated rings. The molecule has 1 aliphatic carbocycles. The van der Waals surface area contributed by atoms with E-state index >= 15 is 0 Å². The van der Waals surface area contributed by atoms with Crippen LogP contribution in [0.4, 0.5) is 0 Å². The molecule has 0 radical (unpaired) electrons. The van der Waals surface area contributed by atoms with Crippen molar-refractivity contribution < 1.29 is 4.79 Å². The van der Waals surface area contributed by atoms with Crippen LogP contribution in [0.5, 0.6) is 0 Å². The average molecular weight is 251 g/mol. The minimum absolute atomic E-state index is 0.151. The van der Waals surface area contributed by atoms with Gasteiger partial charge in [-0.1, -0.05) is 11.8 Å². The lowest BCUT2D eigenvalue weighted by molar-refractivity contribution is -0.119. The maximum Gasteiger partial charge on any atom is 0.231 e. The van der Waals surface area contributed by atoms with E-state index in [0.29, 0.717) is 11.1 Å². The van der Waals surface area contributed by atoms with E-state index in [2.05, 4.69) is 26.6 Å². The first-order chi connectivity index (χ1) is 8.14. The smallest absolute Gasteiger partial charge is 0.231 e. The fourth-order valence-electron chi connectivity index (χ4n) is 1.61. The lowest BCUT2D eigenvalue weighted by Crippen LogP contribution is -2.47. The van der Waals surface area contributed by atoms with E-state index < -0.39 is 5.54 Å². The van der Waals surface area contributed by atoms with Crippen molar-refractivity contribution in [1.29, 1.82) is 5.26 Å². The van der Waals surface area contributed by atoms with Crippen molar-refractivity contribution in [2.45, 2.75) is 30.5 Å². The molecule has 1 amide bonds. The predicted molar refractivity (Wildman–Crippen MR) is 62.0 cm³/mol. The zero-order valence-electron chi connectivity index (χ0n) is 9.43. The predicted octanol–water partition coefficient (Wildman–Crippen LogP) is 0.705. The van der Waals surface area contributed by atoms with E-state index in [1.807, 2.05) is 0 Å². The molecule has 7 heteroatoms. The van der Waals surface area contributed by atoms with Gasteiger partial charge in [-0.3, -0.25) is 9.89 Å². The summed E-state index contributed by atoms with van der Waals surface area (Å²) in [6, 6.07) is 2.19. The number of aromatic amines is 1. The van der Waals surface area contributed by atoms with Crippen LogP contribution in [-0.2, 0) is 4.79 Å². The highest BCUT2D eigenvalue weighted by Gasteiger charge is 2.42. The lowest BCUT2D eigenvalue weighted by atomic mass is 9.98. The van der Waals surface area contributed by atoms with Gasteiger partial charge < -0.3 is 5.32 Å². The van der Waals surface area contributed by atoms with Gasteiger partial charge in [0.2, 0.25) is 5.91 Å². The molecule has 1 aliphatic rings. The molecule has 0 unspecified atom stereocenters. The number of hydrogen-bond donors (Lipinski definition) is 2. The van der Waals surface area contributed by atoms with Crippen LogP contribution in [-0.4, -0.2) is 32.4 Å². The van der Waals surface area contributed by atoms with Crippen LogP contribution < -0.4 is 5.32 Å². The standard InChI is InChI=1S/C10H13N5OS/c1-10(5-11,7-2-3-7)14-8(16)4-17-9-12-6-13-15-9/h6-7H,2-4H2,1H3,(H,14,16)(H,12,13,15)/t10-/m0/s1. The van der Waals surface area contributed by atoms with Gasteiger partial charge in [-0.05, 0) is 25.7 Å². The van der Waals surface area contributed by atoms with Gasteiger partial charge in [0.1, 0.15) is 11.9 Å². The Kier molecular flexibility index (Phi) is 3.33. The van der Waals surface area contributed by atoms with Crippen LogP contribution in [0.3, 0.4) is 0 Å². The first kappa shape index (κ1) is 11.9. The maximum absolute atomic E-state index is 11.7. The highest BCUT2D eigenvalue weighted by atomic mass is 32.2. The highest BCUT2D eigenvalue weighted by Crippen LogP contribution is 2.39. The molecular formula is C10H13N5OS. The van der Waals surface area contributed by atoms with Crippen molar-refractivity contribution in [2.75, 3.05) is 5.75 Å². The number of carbonyl (C=O) groups excluding carboxylic acids is 1. The third kappa shape index (κ3) is 2.97. The average Bonchev–Trinajstić information content (AvgIpc) is 3.05. The molecule has 1 aromatic heterocycles. The molecule has 0 spiro atoms. The van der Waals surface area contributed by atoms with Gasteiger partial charge >= 0.3 is 0 Å². The summed E-state index contributed by atoms with van der Waals surface area (Å²) in [6.07, 6.45) is 3.42. The third-order valence-corrected chi connectivity index (χ3v) is 3.63. The van der Waals surface area contributed by atoms with E-state index in [9.17, 15) is 4.79 Å². The molecule has 90 valence electrons. The fraction of sp³-hybridized carbons (Fsp3) is 0.600. The summed E-state index contributed by atoms with van der Waals surface area (Å²) < 4.78 is 0. The number of amides is 1. The number of hydrogen-bond acceptors (Lipinski definition) is 5. The number of rotatable bonds is 5. The van der Waals surface area contributed by atoms with Crippen LogP contribution in [0.25, 0.3) is 0 Å². The molecule has 6 nitrogen and oxygen atoms in total. The molecule has 1 atom stereocenters. The molecule has 2 rings (SSSR count). The van der Waals surface area contributed by atoms with Crippen LogP contribution in [0.2, 0.25) is 0 Å². The van der Waals surface area contributed by atoms with Gasteiger partial charge in [0.15, 0.2) is 5.16 Å². The Morgan fingerprint density at radius 2 is 2.59 bits per heavy atom. The van der Waals surface area contributed by atoms with Crippen LogP contribution in [0.15, 0.2) is 11.5 Å². The Morgan fingerprint density at radius 3 is 3.12 bits per heavy atom. The van der Waals surface area contributed by atoms with Crippen molar-refractivity contribution in [3.05, 3.63) is 6.33 Å². The molecule has 0 aromatic carbocycles. The SMILES string of the molecule is C[C@@](C#N)(NC(=O)CSc1ncn[nH]1)C1CC1. The fourth-order valence-corrected chi connectivity index (χ4v) is 2.18. The Balaban J connectivity index is 1.82. The van der Waals surface area contributed by atoms with Gasteiger partial charge in [0.25, 0.3) is 0 Å². The summed E-state index contributed by atoms with van der Waals surface area (Å²) in [4.78, 5) is 15.6. The van der Waals surface area contributed by atoms with E-state index in [-0.39, 0.29) is 11.7 Å². The van der Waals surface area contributed by atoms with Gasteiger partial charge in [0.05, 0.1) is 11.8 Å². The Morgan fingerprint density at radius 1 is 1.82 bits per heavy atom. The number of H-pyrrole nitrogens is 1. The molecule has 2 N–H and O–H groups in total. The van der Waals surface area contributed by atoms with E-state index in [1.165, 1.54) is 18.1 Å². The van der Waals surface area contributed by atoms with Gasteiger partial charge in [-0.15, -0.1) is 0 Å². The van der Waals surface area contributed by atoms with Gasteiger partial charge in [0, 0.05) is 0 Å². The second kappa shape index (κ2) is 4.75. The quantitative estimate of drug-likeness (QED) is 0.751. The zero-order valence-corrected chi connectivity index (χ0v) is 10.3. The zero-order chi connectivity index (χ0) is 12.3. The number of nitrogens with zero attached hydrogens (tertiary/aromatic N) is 3. The van der Waals surface area contributed by atoms with Crippen molar-refractivity contribution in [1.82, 2.24) is 20.5 Å². The second-order valence-electron chi connectivity index (χ2n) is 4.22. The molecule has 1 saturated carbocycles. The van der Waals surface area contributed by atoms with Crippen molar-refractivity contribution in [3.8, 4) is 6.07 Å². The number of carbonyl (C=O) groups is 1. The van der Waals surface area contributed by atoms with Crippen LogP contribution >= 0.6 is 11.8 Å². The van der Waals surface area contributed by atoms with Crippen LogP contribution in [0.1, 0.15) is 19.8 Å². The molecule has 0 saturated heterocycles. The largest absolute Gasteiger partial charge is 0.337 e. The Hall–Kier alpha value is -1.55. The number of thioether (sulfide) groups is 1. The topological polar surface area (TPSA) is 94.5 Å². The van der Waals surface area contributed by atoms with E-state index in [0.717, 1.165) is 12.8 Å². The summed E-state index contributed by atoms with van der Waals surface area (Å²) in [5.74, 6) is 0.383. The van der Waals surface area contributed by atoms with Crippen molar-refractivity contribution in [2.24, 2.45) is 5.92 Å². The lowest BCUT2D eigenvalue weighted by Gasteiger charge is -2.22. The maximum atomic E-state index is 11.7. The monoisotopic (exact) mass is 251 g/mol. The molecule has 0 bridgehead atoms. The minimum Gasteiger partial charge on any atom is -0.337 e. The summed E-state index contributed by atoms with van der Waals surface area (Å²) in [6.45, 7) is 1.78. The number of nitriles is 1. The van der Waals surface area contributed by atoms with Crippen LogP contribution in [0, 0.1) is 17.2 Å². The summed E-state index contributed by atoms with van der Waals surface area (Å²) in [7, 11) is 0. The first-order valence-corrected chi connectivity index (χ1v) is 6.33. The summed E-state index contributed by atoms with van der Waals surface area (Å²) in [5.41, 5.74) is -0.723. The van der Waals surface area contributed by atoms with Crippen molar-refractivity contribution in [3.63, 3.8) is 0 Å². The van der Waals surface area contributed by atoms with Gasteiger partial charge in [-0.25, -0.2) is 4.98 Å². The normalized spacial score (nSPS) is 18.1. The Labute approximate surface area is 103 Å². The molecular weight excluding hydrogens is 238 g/mol. The molecule has 1 heterocycles. The number of nitrogens with one attached hydrogen (secondary N) is 2. The molecule has 17 heavy (non-hydrogen) atoms. The minimum atomic E-state index is -0.723. The van der Waals surface area contributed by atoms with E-state index in [4.69, 9.17) is 5.26 Å². The first-order valence-electron chi connectivity index (χ1n) is 5.34. The summed E-state index contributed by atoms with van der Waals surface area (Å²) in [5, 5.41) is 18.8. The third-order valence-electron chi connectivity index (χ3n) is 2.76. The van der Waals surface area contributed by atoms with Crippen molar-refractivity contribution >= 4 is 17.7 Å². The Bertz CT molecular complexity index is 436.